The average molecular weight is 419 g/mol. The van der Waals surface area contributed by atoms with E-state index in [2.05, 4.69) is 10.6 Å². The van der Waals surface area contributed by atoms with E-state index in [-0.39, 0.29) is 18.9 Å². The number of rotatable bonds is 11. The summed E-state index contributed by atoms with van der Waals surface area (Å²) in [5.41, 5.74) is 0.491. The maximum absolute atomic E-state index is 11.9. The van der Waals surface area contributed by atoms with Gasteiger partial charge in [-0.2, -0.15) is 0 Å². The van der Waals surface area contributed by atoms with Gasteiger partial charge in [-0.15, -0.1) is 0 Å². The average Bonchev–Trinajstić information content (AvgIpc) is 2.74. The number of amides is 2. The van der Waals surface area contributed by atoms with Crippen molar-refractivity contribution in [2.45, 2.75) is 12.8 Å². The summed E-state index contributed by atoms with van der Waals surface area (Å²) in [6.45, 7) is 0.597. The van der Waals surface area contributed by atoms with Crippen molar-refractivity contribution in [1.82, 2.24) is 10.6 Å². The molecule has 8 heteroatoms. The molecule has 2 N–H and O–H groups in total. The second-order valence-corrected chi connectivity index (χ2v) is 6.47. The van der Waals surface area contributed by atoms with Gasteiger partial charge in [-0.05, 0) is 42.8 Å². The van der Waals surface area contributed by atoms with Crippen LogP contribution in [0, 0.1) is 0 Å². The largest absolute Gasteiger partial charge is 0.492 e. The van der Waals surface area contributed by atoms with E-state index in [1.54, 1.807) is 24.3 Å². The number of para-hydroxylation sites is 1. The number of hydrogen-bond donors (Lipinski definition) is 2. The zero-order valence-electron chi connectivity index (χ0n) is 15.9. The van der Waals surface area contributed by atoms with Crippen LogP contribution in [0.15, 0.2) is 54.6 Å². The number of nitrogens with one attached hydrogen (secondary N) is 2. The SMILES string of the molecule is O=C(COC(=O)CCCNC(=O)c1ccc(Cl)cc1)NCCOc1ccccc1. The molecule has 7 nitrogen and oxygen atoms in total. The minimum atomic E-state index is -0.499. The molecule has 0 aromatic heterocycles. The van der Waals surface area contributed by atoms with Gasteiger partial charge < -0.3 is 20.1 Å². The summed E-state index contributed by atoms with van der Waals surface area (Å²) in [4.78, 5) is 35.2. The lowest BCUT2D eigenvalue weighted by atomic mass is 10.2. The molecular weight excluding hydrogens is 396 g/mol. The molecule has 2 rings (SSSR count). The Balaban J connectivity index is 1.50. The summed E-state index contributed by atoms with van der Waals surface area (Å²) >= 11 is 5.77. The number of carbonyl (C=O) groups excluding carboxylic acids is 3. The van der Waals surface area contributed by atoms with Crippen molar-refractivity contribution in [3.05, 3.63) is 65.2 Å². The zero-order chi connectivity index (χ0) is 20.9. The highest BCUT2D eigenvalue weighted by Crippen LogP contribution is 2.09. The third-order valence-electron chi connectivity index (χ3n) is 3.75. The Labute approximate surface area is 174 Å². The van der Waals surface area contributed by atoms with Crippen LogP contribution in [0.4, 0.5) is 0 Å². The summed E-state index contributed by atoms with van der Waals surface area (Å²) in [6.07, 6.45) is 0.510. The Hall–Kier alpha value is -3.06. The molecule has 0 aliphatic heterocycles. The van der Waals surface area contributed by atoms with Crippen LogP contribution in [0.25, 0.3) is 0 Å². The molecule has 0 atom stereocenters. The highest BCUT2D eigenvalue weighted by molar-refractivity contribution is 6.30. The van der Waals surface area contributed by atoms with E-state index in [0.29, 0.717) is 36.7 Å². The third-order valence-corrected chi connectivity index (χ3v) is 4.00. The molecule has 0 saturated carbocycles. The molecule has 0 radical (unpaired) electrons. The third kappa shape index (κ3) is 9.12. The summed E-state index contributed by atoms with van der Waals surface area (Å²) in [5.74, 6) is -0.420. The van der Waals surface area contributed by atoms with E-state index >= 15 is 0 Å². The Morgan fingerprint density at radius 1 is 0.897 bits per heavy atom. The molecule has 0 bridgehead atoms. The van der Waals surface area contributed by atoms with Crippen LogP contribution in [-0.2, 0) is 14.3 Å². The number of carbonyl (C=O) groups is 3. The maximum Gasteiger partial charge on any atom is 0.306 e. The van der Waals surface area contributed by atoms with Gasteiger partial charge >= 0.3 is 5.97 Å². The first-order valence-electron chi connectivity index (χ1n) is 9.18. The lowest BCUT2D eigenvalue weighted by Gasteiger charge is -2.08. The minimum absolute atomic E-state index is 0.102. The van der Waals surface area contributed by atoms with Crippen LogP contribution >= 0.6 is 11.6 Å². The van der Waals surface area contributed by atoms with Gasteiger partial charge in [0.1, 0.15) is 12.4 Å². The number of hydrogen-bond acceptors (Lipinski definition) is 5. The van der Waals surface area contributed by atoms with Gasteiger partial charge in [0.25, 0.3) is 11.8 Å². The van der Waals surface area contributed by atoms with Crippen molar-refractivity contribution in [1.29, 1.82) is 0 Å². The lowest BCUT2D eigenvalue weighted by molar-refractivity contribution is -0.148. The van der Waals surface area contributed by atoms with Gasteiger partial charge in [0, 0.05) is 23.6 Å². The van der Waals surface area contributed by atoms with Gasteiger partial charge in [-0.25, -0.2) is 0 Å². The molecule has 0 fully saturated rings. The van der Waals surface area contributed by atoms with Crippen molar-refractivity contribution in [3.63, 3.8) is 0 Å². The molecular formula is C21H23ClN2O5. The van der Waals surface area contributed by atoms with Gasteiger partial charge in [-0.1, -0.05) is 29.8 Å². The van der Waals surface area contributed by atoms with Crippen molar-refractivity contribution in [3.8, 4) is 5.75 Å². The van der Waals surface area contributed by atoms with Crippen LogP contribution < -0.4 is 15.4 Å². The molecule has 2 aromatic carbocycles. The van der Waals surface area contributed by atoms with Gasteiger partial charge in [0.05, 0.1) is 6.54 Å². The molecule has 0 saturated heterocycles. The quantitative estimate of drug-likeness (QED) is 0.432. The van der Waals surface area contributed by atoms with E-state index < -0.39 is 11.9 Å². The molecule has 2 amide bonds. The Morgan fingerprint density at radius 2 is 1.62 bits per heavy atom. The van der Waals surface area contributed by atoms with Crippen LogP contribution in [0.5, 0.6) is 5.75 Å². The molecule has 0 heterocycles. The van der Waals surface area contributed by atoms with Crippen LogP contribution in [0.3, 0.4) is 0 Å². The van der Waals surface area contributed by atoms with Crippen molar-refractivity contribution < 1.29 is 23.9 Å². The summed E-state index contributed by atoms with van der Waals surface area (Å²) in [6, 6.07) is 15.7. The molecule has 0 unspecified atom stereocenters. The van der Waals surface area contributed by atoms with E-state index in [4.69, 9.17) is 21.1 Å². The maximum atomic E-state index is 11.9. The second-order valence-electron chi connectivity index (χ2n) is 6.04. The van der Waals surface area contributed by atoms with E-state index in [1.165, 1.54) is 0 Å². The monoisotopic (exact) mass is 418 g/mol. The van der Waals surface area contributed by atoms with Gasteiger partial charge in [0.15, 0.2) is 6.61 Å². The summed E-state index contributed by atoms with van der Waals surface area (Å²) in [5, 5.41) is 5.86. The second kappa shape index (κ2) is 12.4. The van der Waals surface area contributed by atoms with Crippen LogP contribution in [0.1, 0.15) is 23.2 Å². The van der Waals surface area contributed by atoms with E-state index in [1.807, 2.05) is 30.3 Å². The van der Waals surface area contributed by atoms with Crippen molar-refractivity contribution >= 4 is 29.4 Å². The summed E-state index contributed by atoms with van der Waals surface area (Å²) < 4.78 is 10.3. The normalized spacial score (nSPS) is 10.1. The van der Waals surface area contributed by atoms with Gasteiger partial charge in [0.2, 0.25) is 0 Å². The smallest absolute Gasteiger partial charge is 0.306 e. The first-order valence-corrected chi connectivity index (χ1v) is 9.56. The van der Waals surface area contributed by atoms with Crippen LogP contribution in [-0.4, -0.2) is 44.1 Å². The Morgan fingerprint density at radius 3 is 2.34 bits per heavy atom. The number of benzene rings is 2. The van der Waals surface area contributed by atoms with E-state index in [0.717, 1.165) is 5.75 Å². The molecule has 2 aromatic rings. The van der Waals surface area contributed by atoms with Crippen molar-refractivity contribution in [2.24, 2.45) is 0 Å². The zero-order valence-corrected chi connectivity index (χ0v) is 16.6. The molecule has 0 aliphatic carbocycles. The topological polar surface area (TPSA) is 93.7 Å². The Bertz CT molecular complexity index is 796. The number of halogens is 1. The first-order chi connectivity index (χ1) is 14.0. The highest BCUT2D eigenvalue weighted by Gasteiger charge is 2.08. The fourth-order valence-electron chi connectivity index (χ4n) is 2.28. The fraction of sp³-hybridized carbons (Fsp3) is 0.286. The lowest BCUT2D eigenvalue weighted by Crippen LogP contribution is -2.32. The number of ether oxygens (including phenoxy) is 2. The standard InChI is InChI=1S/C21H23ClN2O5/c22-17-10-8-16(9-11-17)21(27)24-12-4-7-20(26)29-15-19(25)23-13-14-28-18-5-2-1-3-6-18/h1-3,5-6,8-11H,4,7,12-15H2,(H,23,25)(H,24,27). The Kier molecular flexibility index (Phi) is 9.51. The molecule has 29 heavy (non-hydrogen) atoms. The van der Waals surface area contributed by atoms with Crippen LogP contribution in [0.2, 0.25) is 5.02 Å². The predicted octanol–water partition coefficient (Wildman–Crippen LogP) is 2.59. The van der Waals surface area contributed by atoms with E-state index in [9.17, 15) is 14.4 Å². The molecule has 0 aliphatic rings. The number of esters is 1. The van der Waals surface area contributed by atoms with Crippen molar-refractivity contribution in [2.75, 3.05) is 26.3 Å². The minimum Gasteiger partial charge on any atom is -0.492 e. The summed E-state index contributed by atoms with van der Waals surface area (Å²) in [7, 11) is 0. The molecule has 0 spiro atoms. The highest BCUT2D eigenvalue weighted by atomic mass is 35.5. The first kappa shape index (κ1) is 22.2. The van der Waals surface area contributed by atoms with Gasteiger partial charge in [-0.3, -0.25) is 14.4 Å². The molecule has 154 valence electrons. The predicted molar refractivity (Wildman–Crippen MR) is 109 cm³/mol. The fourth-order valence-corrected chi connectivity index (χ4v) is 2.41.